The second-order valence-corrected chi connectivity index (χ2v) is 6.93. The van der Waals surface area contributed by atoms with Gasteiger partial charge in [-0.15, -0.1) is 0 Å². The number of aryl methyl sites for hydroxylation is 2. The molecular formula is C18H24N4O3. The molecule has 0 aliphatic heterocycles. The SMILES string of the molecule is Cc1n[nH]c(C)c1C(C)CC(=O)NC(C)(C)c1ccc([N+](=O)[O-])cc1. The molecule has 7 nitrogen and oxygen atoms in total. The zero-order valence-electron chi connectivity index (χ0n) is 15.2. The second-order valence-electron chi connectivity index (χ2n) is 6.93. The average molecular weight is 344 g/mol. The van der Waals surface area contributed by atoms with E-state index in [0.29, 0.717) is 6.42 Å². The van der Waals surface area contributed by atoms with E-state index in [4.69, 9.17) is 0 Å². The van der Waals surface area contributed by atoms with Gasteiger partial charge in [0.15, 0.2) is 0 Å². The molecule has 0 bridgehead atoms. The van der Waals surface area contributed by atoms with Crippen LogP contribution < -0.4 is 5.32 Å². The fourth-order valence-corrected chi connectivity index (χ4v) is 3.14. The van der Waals surface area contributed by atoms with Crippen molar-refractivity contribution in [2.24, 2.45) is 0 Å². The van der Waals surface area contributed by atoms with Crippen molar-refractivity contribution in [3.8, 4) is 0 Å². The van der Waals surface area contributed by atoms with Crippen LogP contribution in [0.5, 0.6) is 0 Å². The van der Waals surface area contributed by atoms with Crippen LogP contribution in [0.25, 0.3) is 0 Å². The van der Waals surface area contributed by atoms with Crippen molar-refractivity contribution in [1.82, 2.24) is 15.5 Å². The number of hydrogen-bond donors (Lipinski definition) is 2. The molecule has 0 spiro atoms. The number of non-ortho nitro benzene ring substituents is 1. The lowest BCUT2D eigenvalue weighted by Crippen LogP contribution is -2.41. The Kier molecular flexibility index (Phi) is 5.25. The van der Waals surface area contributed by atoms with Crippen molar-refractivity contribution in [1.29, 1.82) is 0 Å². The number of nitrogens with zero attached hydrogens (tertiary/aromatic N) is 2. The van der Waals surface area contributed by atoms with Gasteiger partial charge in [-0.05, 0) is 56.9 Å². The smallest absolute Gasteiger partial charge is 0.269 e. The van der Waals surface area contributed by atoms with Crippen LogP contribution >= 0.6 is 0 Å². The summed E-state index contributed by atoms with van der Waals surface area (Å²) in [5.74, 6) is -0.0257. The van der Waals surface area contributed by atoms with Crippen LogP contribution in [-0.4, -0.2) is 21.0 Å². The van der Waals surface area contributed by atoms with Gasteiger partial charge in [0, 0.05) is 24.2 Å². The van der Waals surface area contributed by atoms with E-state index in [2.05, 4.69) is 15.5 Å². The van der Waals surface area contributed by atoms with Gasteiger partial charge in [-0.3, -0.25) is 20.0 Å². The van der Waals surface area contributed by atoms with Gasteiger partial charge in [-0.25, -0.2) is 0 Å². The quantitative estimate of drug-likeness (QED) is 0.619. The summed E-state index contributed by atoms with van der Waals surface area (Å²) in [7, 11) is 0. The maximum Gasteiger partial charge on any atom is 0.269 e. The Morgan fingerprint density at radius 2 is 1.92 bits per heavy atom. The average Bonchev–Trinajstić information content (AvgIpc) is 2.85. The lowest BCUT2D eigenvalue weighted by molar-refractivity contribution is -0.384. The minimum atomic E-state index is -0.619. The number of amides is 1. The highest BCUT2D eigenvalue weighted by atomic mass is 16.6. The third-order valence-corrected chi connectivity index (χ3v) is 4.42. The van der Waals surface area contributed by atoms with Gasteiger partial charge in [0.1, 0.15) is 0 Å². The molecule has 0 aliphatic carbocycles. The van der Waals surface area contributed by atoms with Gasteiger partial charge >= 0.3 is 0 Å². The van der Waals surface area contributed by atoms with Gasteiger partial charge in [0.2, 0.25) is 5.91 Å². The Bertz CT molecular complexity index is 759. The number of carbonyl (C=O) groups is 1. The predicted octanol–water partition coefficient (Wildman–Crippen LogP) is 3.48. The molecule has 1 heterocycles. The summed E-state index contributed by atoms with van der Waals surface area (Å²) >= 11 is 0. The molecule has 2 rings (SSSR count). The minimum absolute atomic E-state index is 0.0328. The number of nitro groups is 1. The van der Waals surface area contributed by atoms with Gasteiger partial charge in [0.25, 0.3) is 5.69 Å². The first-order chi connectivity index (χ1) is 11.6. The van der Waals surface area contributed by atoms with E-state index < -0.39 is 10.5 Å². The molecule has 0 aliphatic rings. The zero-order valence-corrected chi connectivity index (χ0v) is 15.2. The molecule has 7 heteroatoms. The molecule has 1 amide bonds. The van der Waals surface area contributed by atoms with Crippen molar-refractivity contribution in [3.05, 3.63) is 56.9 Å². The van der Waals surface area contributed by atoms with Crippen LogP contribution in [0.2, 0.25) is 0 Å². The number of H-pyrrole nitrogens is 1. The first-order valence-corrected chi connectivity index (χ1v) is 8.19. The monoisotopic (exact) mass is 344 g/mol. The number of benzene rings is 1. The van der Waals surface area contributed by atoms with Crippen LogP contribution in [0.15, 0.2) is 24.3 Å². The Morgan fingerprint density at radius 1 is 1.32 bits per heavy atom. The molecule has 25 heavy (non-hydrogen) atoms. The van der Waals surface area contributed by atoms with Crippen LogP contribution in [0.1, 0.15) is 55.6 Å². The van der Waals surface area contributed by atoms with Crippen LogP contribution in [0, 0.1) is 24.0 Å². The highest BCUT2D eigenvalue weighted by molar-refractivity contribution is 5.78. The molecule has 0 fully saturated rings. The third-order valence-electron chi connectivity index (χ3n) is 4.42. The van der Waals surface area contributed by atoms with Crippen molar-refractivity contribution >= 4 is 11.6 Å². The standard InChI is InChI=1S/C18H24N4O3/c1-11(17-12(2)20-21-13(17)3)10-16(23)19-18(4,5)14-6-8-15(9-7-14)22(24)25/h6-9,11H,10H2,1-5H3,(H,19,23)(H,20,21). The topological polar surface area (TPSA) is 101 Å². The Hall–Kier alpha value is -2.70. The van der Waals surface area contributed by atoms with Crippen LogP contribution in [-0.2, 0) is 10.3 Å². The number of hydrogen-bond acceptors (Lipinski definition) is 4. The number of nitrogens with one attached hydrogen (secondary N) is 2. The van der Waals surface area contributed by atoms with E-state index in [1.807, 2.05) is 34.6 Å². The summed E-state index contributed by atoms with van der Waals surface area (Å²) in [5, 5.41) is 20.9. The van der Waals surface area contributed by atoms with E-state index in [0.717, 1.165) is 22.5 Å². The Labute approximate surface area is 147 Å². The summed E-state index contributed by atoms with van der Waals surface area (Å²) in [4.78, 5) is 22.8. The molecule has 1 atom stereocenters. The van der Waals surface area contributed by atoms with Gasteiger partial charge in [-0.1, -0.05) is 6.92 Å². The summed E-state index contributed by atoms with van der Waals surface area (Å²) < 4.78 is 0. The summed E-state index contributed by atoms with van der Waals surface area (Å²) in [6.07, 6.45) is 0.345. The maximum atomic E-state index is 12.5. The lowest BCUT2D eigenvalue weighted by atomic mass is 9.92. The van der Waals surface area contributed by atoms with E-state index in [1.54, 1.807) is 12.1 Å². The summed E-state index contributed by atoms with van der Waals surface area (Å²) in [6, 6.07) is 6.24. The van der Waals surface area contributed by atoms with Crippen molar-refractivity contribution in [2.75, 3.05) is 0 Å². The van der Waals surface area contributed by atoms with Gasteiger partial charge < -0.3 is 5.32 Å². The molecule has 1 aromatic carbocycles. The normalized spacial score (nSPS) is 12.7. The first-order valence-electron chi connectivity index (χ1n) is 8.19. The number of aromatic nitrogens is 2. The molecule has 2 aromatic rings. The minimum Gasteiger partial charge on any atom is -0.347 e. The van der Waals surface area contributed by atoms with E-state index in [9.17, 15) is 14.9 Å². The molecule has 0 radical (unpaired) electrons. The van der Waals surface area contributed by atoms with Crippen LogP contribution in [0.3, 0.4) is 0 Å². The molecule has 134 valence electrons. The lowest BCUT2D eigenvalue weighted by Gasteiger charge is -2.27. The molecule has 1 aromatic heterocycles. The molecule has 2 N–H and O–H groups in total. The number of rotatable bonds is 6. The largest absolute Gasteiger partial charge is 0.347 e. The Balaban J connectivity index is 2.06. The summed E-state index contributed by atoms with van der Waals surface area (Å²) in [6.45, 7) is 9.64. The molecule has 1 unspecified atom stereocenters. The molecule has 0 saturated heterocycles. The number of nitro benzene ring substituents is 1. The fraction of sp³-hybridized carbons (Fsp3) is 0.444. The number of aromatic amines is 1. The number of carbonyl (C=O) groups excluding carboxylic acids is 1. The van der Waals surface area contributed by atoms with Crippen LogP contribution in [0.4, 0.5) is 5.69 Å². The molecule has 0 saturated carbocycles. The van der Waals surface area contributed by atoms with E-state index in [1.165, 1.54) is 12.1 Å². The summed E-state index contributed by atoms with van der Waals surface area (Å²) in [5.41, 5.74) is 3.19. The third kappa shape index (κ3) is 4.23. The maximum absolute atomic E-state index is 12.5. The van der Waals surface area contributed by atoms with Crippen molar-refractivity contribution < 1.29 is 9.72 Å². The van der Waals surface area contributed by atoms with Crippen molar-refractivity contribution in [3.63, 3.8) is 0 Å². The van der Waals surface area contributed by atoms with Crippen molar-refractivity contribution in [2.45, 2.75) is 52.5 Å². The molecular weight excluding hydrogens is 320 g/mol. The zero-order chi connectivity index (χ0) is 18.8. The van der Waals surface area contributed by atoms with E-state index in [-0.39, 0.29) is 17.5 Å². The highest BCUT2D eigenvalue weighted by Gasteiger charge is 2.25. The van der Waals surface area contributed by atoms with E-state index >= 15 is 0 Å². The van der Waals surface area contributed by atoms with Gasteiger partial charge in [0.05, 0.1) is 16.2 Å². The van der Waals surface area contributed by atoms with Gasteiger partial charge in [-0.2, -0.15) is 5.10 Å². The predicted molar refractivity (Wildman–Crippen MR) is 95.4 cm³/mol. The fourth-order valence-electron chi connectivity index (χ4n) is 3.14. The highest BCUT2D eigenvalue weighted by Crippen LogP contribution is 2.26. The first kappa shape index (κ1) is 18.6. The second kappa shape index (κ2) is 7.04. The Morgan fingerprint density at radius 3 is 2.40 bits per heavy atom.